The summed E-state index contributed by atoms with van der Waals surface area (Å²) in [6.07, 6.45) is 0.708. The maximum Gasteiger partial charge on any atom is 0.196 e. The van der Waals surface area contributed by atoms with Crippen molar-refractivity contribution in [2.24, 2.45) is 5.41 Å². The average Bonchev–Trinajstić information content (AvgIpc) is 2.32. The molecule has 0 radical (unpaired) electrons. The molecular formula is C15H16ClNOS. The number of nitriles is 1. The molecule has 0 aliphatic heterocycles. The van der Waals surface area contributed by atoms with Crippen molar-refractivity contribution in [3.05, 3.63) is 34.4 Å². The highest BCUT2D eigenvalue weighted by Crippen LogP contribution is 2.53. The SMILES string of the molecule is Cc1ccc(C)c2c1CC(C)(C)C(Cl)(SC#N)C2=O. The van der Waals surface area contributed by atoms with E-state index in [1.807, 2.05) is 45.2 Å². The van der Waals surface area contributed by atoms with Crippen LogP contribution in [0.4, 0.5) is 0 Å². The molecular weight excluding hydrogens is 278 g/mol. The normalized spacial score (nSPS) is 24.7. The van der Waals surface area contributed by atoms with Crippen molar-refractivity contribution < 1.29 is 4.79 Å². The van der Waals surface area contributed by atoms with Crippen molar-refractivity contribution in [3.63, 3.8) is 0 Å². The zero-order chi connectivity index (χ0) is 14.4. The minimum Gasteiger partial charge on any atom is -0.291 e. The highest BCUT2D eigenvalue weighted by atomic mass is 35.5. The van der Waals surface area contributed by atoms with E-state index in [4.69, 9.17) is 16.9 Å². The van der Waals surface area contributed by atoms with Crippen LogP contribution in [-0.2, 0) is 6.42 Å². The monoisotopic (exact) mass is 293 g/mol. The molecule has 0 saturated heterocycles. The molecule has 0 spiro atoms. The van der Waals surface area contributed by atoms with Gasteiger partial charge in [-0.15, -0.1) is 0 Å². The lowest BCUT2D eigenvalue weighted by Crippen LogP contribution is -2.49. The Labute approximate surface area is 123 Å². The molecule has 1 unspecified atom stereocenters. The molecule has 1 aromatic carbocycles. The first-order valence-corrected chi connectivity index (χ1v) is 7.34. The van der Waals surface area contributed by atoms with E-state index >= 15 is 0 Å². The number of thioether (sulfide) groups is 1. The molecule has 4 heteroatoms. The van der Waals surface area contributed by atoms with Gasteiger partial charge in [-0.3, -0.25) is 4.79 Å². The number of hydrogen-bond donors (Lipinski definition) is 0. The number of rotatable bonds is 1. The minimum absolute atomic E-state index is 0.131. The fourth-order valence-electron chi connectivity index (χ4n) is 2.68. The molecule has 100 valence electrons. The standard InChI is InChI=1S/C15H16ClNOS/c1-9-5-6-10(2)12-11(9)7-14(3,4)15(16,13(12)18)19-8-17/h5-6H,7H2,1-4H3. The van der Waals surface area contributed by atoms with E-state index in [9.17, 15) is 4.79 Å². The van der Waals surface area contributed by atoms with Crippen LogP contribution in [0.15, 0.2) is 12.1 Å². The first kappa shape index (κ1) is 14.4. The Bertz CT molecular complexity index is 603. The number of alkyl halides is 1. The van der Waals surface area contributed by atoms with Gasteiger partial charge in [0.05, 0.1) is 0 Å². The number of carbonyl (C=O) groups is 1. The Balaban J connectivity index is 2.72. The Hall–Kier alpha value is -0.980. The quantitative estimate of drug-likeness (QED) is 0.575. The summed E-state index contributed by atoms with van der Waals surface area (Å²) in [6, 6.07) is 3.98. The van der Waals surface area contributed by atoms with Gasteiger partial charge in [-0.05, 0) is 48.7 Å². The summed E-state index contributed by atoms with van der Waals surface area (Å²) in [5, 5.41) is 11.0. The van der Waals surface area contributed by atoms with E-state index < -0.39 is 9.62 Å². The van der Waals surface area contributed by atoms with Gasteiger partial charge in [-0.1, -0.05) is 37.6 Å². The van der Waals surface area contributed by atoms with Gasteiger partial charge in [0.25, 0.3) is 0 Å². The lowest BCUT2D eigenvalue weighted by molar-refractivity contribution is 0.0896. The van der Waals surface area contributed by atoms with Gasteiger partial charge >= 0.3 is 0 Å². The number of ketones is 1. The summed E-state index contributed by atoms with van der Waals surface area (Å²) in [5.74, 6) is -0.131. The topological polar surface area (TPSA) is 40.9 Å². The van der Waals surface area contributed by atoms with E-state index in [0.717, 1.165) is 28.5 Å². The summed E-state index contributed by atoms with van der Waals surface area (Å²) < 4.78 is -1.20. The molecule has 2 nitrogen and oxygen atoms in total. The smallest absolute Gasteiger partial charge is 0.196 e. The van der Waals surface area contributed by atoms with Gasteiger partial charge in [-0.25, -0.2) is 0 Å². The third-order valence-corrected chi connectivity index (χ3v) is 5.98. The number of fused-ring (bicyclic) bond motifs is 1. The second-order valence-electron chi connectivity index (χ2n) is 5.73. The minimum atomic E-state index is -1.20. The zero-order valence-electron chi connectivity index (χ0n) is 11.5. The summed E-state index contributed by atoms with van der Waals surface area (Å²) >= 11 is 7.43. The Morgan fingerprint density at radius 3 is 2.47 bits per heavy atom. The van der Waals surface area contributed by atoms with Crippen molar-refractivity contribution in [3.8, 4) is 5.40 Å². The number of carbonyl (C=O) groups excluding carboxylic acids is 1. The number of hydrogen-bond acceptors (Lipinski definition) is 3. The molecule has 1 aliphatic carbocycles. The van der Waals surface area contributed by atoms with E-state index in [0.29, 0.717) is 12.0 Å². The number of thiocyanates is 1. The molecule has 2 rings (SSSR count). The van der Waals surface area contributed by atoms with E-state index in [1.54, 1.807) is 0 Å². The molecule has 0 amide bonds. The molecule has 0 aromatic heterocycles. The van der Waals surface area contributed by atoms with Crippen molar-refractivity contribution >= 4 is 29.1 Å². The predicted molar refractivity (Wildman–Crippen MR) is 79.5 cm³/mol. The van der Waals surface area contributed by atoms with Crippen LogP contribution >= 0.6 is 23.4 Å². The van der Waals surface area contributed by atoms with Crippen LogP contribution < -0.4 is 0 Å². The highest BCUT2D eigenvalue weighted by molar-refractivity contribution is 8.07. The molecule has 0 bridgehead atoms. The Kier molecular flexibility index (Phi) is 3.45. The Morgan fingerprint density at radius 2 is 1.89 bits per heavy atom. The number of halogens is 1. The lowest BCUT2D eigenvalue weighted by atomic mass is 9.70. The van der Waals surface area contributed by atoms with Gasteiger partial charge in [0.15, 0.2) is 9.99 Å². The van der Waals surface area contributed by atoms with Crippen molar-refractivity contribution in [1.82, 2.24) is 0 Å². The largest absolute Gasteiger partial charge is 0.291 e. The van der Waals surface area contributed by atoms with Crippen molar-refractivity contribution in [2.75, 3.05) is 0 Å². The molecule has 0 saturated carbocycles. The van der Waals surface area contributed by atoms with Crippen LogP contribution in [0.5, 0.6) is 0 Å². The van der Waals surface area contributed by atoms with Crippen LogP contribution in [0.1, 0.15) is 40.9 Å². The fraction of sp³-hybridized carbons (Fsp3) is 0.467. The van der Waals surface area contributed by atoms with Crippen molar-refractivity contribution in [1.29, 1.82) is 5.26 Å². The maximum atomic E-state index is 12.8. The first-order valence-electron chi connectivity index (χ1n) is 6.14. The van der Waals surface area contributed by atoms with Gasteiger partial charge in [-0.2, -0.15) is 5.26 Å². The maximum absolute atomic E-state index is 12.8. The highest BCUT2D eigenvalue weighted by Gasteiger charge is 2.55. The van der Waals surface area contributed by atoms with Gasteiger partial charge < -0.3 is 0 Å². The number of benzene rings is 1. The molecule has 19 heavy (non-hydrogen) atoms. The van der Waals surface area contributed by atoms with Crippen LogP contribution in [0, 0.1) is 29.9 Å². The Morgan fingerprint density at radius 1 is 1.32 bits per heavy atom. The van der Waals surface area contributed by atoms with Gasteiger partial charge in [0, 0.05) is 11.0 Å². The van der Waals surface area contributed by atoms with E-state index in [-0.39, 0.29) is 5.78 Å². The van der Waals surface area contributed by atoms with E-state index in [1.165, 1.54) is 0 Å². The zero-order valence-corrected chi connectivity index (χ0v) is 13.1. The number of aryl methyl sites for hydroxylation is 2. The third kappa shape index (κ3) is 1.98. The predicted octanol–water partition coefficient (Wildman–Crippen LogP) is 4.22. The molecule has 0 N–H and O–H groups in total. The molecule has 1 atom stereocenters. The van der Waals surface area contributed by atoms with Gasteiger partial charge in [0.2, 0.25) is 0 Å². The number of Topliss-reactive ketones (excluding diaryl/α,β-unsaturated/α-hetero) is 1. The first-order chi connectivity index (χ1) is 8.74. The van der Waals surface area contributed by atoms with Crippen LogP contribution in [0.2, 0.25) is 0 Å². The van der Waals surface area contributed by atoms with Gasteiger partial charge in [0.1, 0.15) is 5.40 Å². The van der Waals surface area contributed by atoms with Crippen LogP contribution in [0.3, 0.4) is 0 Å². The van der Waals surface area contributed by atoms with Crippen LogP contribution in [0.25, 0.3) is 0 Å². The molecule has 1 aromatic rings. The number of nitrogens with zero attached hydrogens (tertiary/aromatic N) is 1. The van der Waals surface area contributed by atoms with E-state index in [2.05, 4.69) is 0 Å². The van der Waals surface area contributed by atoms with Crippen LogP contribution in [-0.4, -0.2) is 9.99 Å². The average molecular weight is 294 g/mol. The molecule has 0 fully saturated rings. The molecule has 0 heterocycles. The third-order valence-electron chi connectivity index (χ3n) is 3.95. The second kappa shape index (κ2) is 4.54. The summed E-state index contributed by atoms with van der Waals surface area (Å²) in [5.41, 5.74) is 3.37. The summed E-state index contributed by atoms with van der Waals surface area (Å²) in [7, 11) is 0. The van der Waals surface area contributed by atoms with Crippen molar-refractivity contribution in [2.45, 2.75) is 38.3 Å². The summed E-state index contributed by atoms with van der Waals surface area (Å²) in [4.78, 5) is 12.8. The fourth-order valence-corrected chi connectivity index (χ4v) is 3.62. The summed E-state index contributed by atoms with van der Waals surface area (Å²) in [6.45, 7) is 7.84. The molecule has 1 aliphatic rings. The lowest BCUT2D eigenvalue weighted by Gasteiger charge is -2.43. The second-order valence-corrected chi connectivity index (χ2v) is 7.52.